The number of ketones is 1. The molecule has 0 spiro atoms. The molecule has 2 heterocycles. The number of rotatable bonds is 1. The van der Waals surface area contributed by atoms with Crippen LogP contribution in [0.2, 0.25) is 0 Å². The number of carbonyl (C=O) groups excluding carboxylic acids is 1. The summed E-state index contributed by atoms with van der Waals surface area (Å²) in [5.41, 5.74) is 2.43. The van der Waals surface area contributed by atoms with E-state index >= 15 is 0 Å². The molecule has 3 rings (SSSR count). The van der Waals surface area contributed by atoms with Gasteiger partial charge in [0.1, 0.15) is 5.78 Å². The van der Waals surface area contributed by atoms with E-state index in [0.29, 0.717) is 24.7 Å². The zero-order valence-corrected chi connectivity index (χ0v) is 11.6. The number of carbonyl (C=O) groups is 1. The van der Waals surface area contributed by atoms with Gasteiger partial charge in [-0.2, -0.15) is 0 Å². The first-order chi connectivity index (χ1) is 7.97. The van der Waals surface area contributed by atoms with Crippen molar-refractivity contribution in [3.8, 4) is 0 Å². The van der Waals surface area contributed by atoms with Crippen LogP contribution in [0.4, 0.5) is 5.69 Å². The maximum Gasteiger partial charge on any atom is 0.137 e. The molecule has 1 aliphatic carbocycles. The minimum Gasteiger partial charge on any atom is -0.365 e. The van der Waals surface area contributed by atoms with Gasteiger partial charge in [-0.05, 0) is 22.0 Å². The molecule has 1 fully saturated rings. The molecule has 0 bridgehead atoms. The van der Waals surface area contributed by atoms with Gasteiger partial charge in [0.15, 0.2) is 0 Å². The van der Waals surface area contributed by atoms with Gasteiger partial charge in [-0.15, -0.1) is 0 Å². The molecule has 1 aliphatic heterocycles. The zero-order valence-electron chi connectivity index (χ0n) is 10.0. The Balaban J connectivity index is 2.00. The van der Waals surface area contributed by atoms with Crippen LogP contribution in [-0.4, -0.2) is 23.4 Å². The number of Topliss-reactive ketones (excluding diaryl/α,β-unsaturated/α-hetero) is 1. The third-order valence-electron chi connectivity index (χ3n) is 3.72. The second-order valence-electron chi connectivity index (χ2n) is 5.63. The lowest BCUT2D eigenvalue weighted by molar-refractivity contribution is -0.124. The molecule has 90 valence electrons. The molecule has 0 atom stereocenters. The minimum atomic E-state index is 0.0780. The Morgan fingerprint density at radius 1 is 1.47 bits per heavy atom. The van der Waals surface area contributed by atoms with E-state index in [1.165, 1.54) is 5.69 Å². The lowest BCUT2D eigenvalue weighted by Crippen LogP contribution is -2.46. The molecule has 17 heavy (non-hydrogen) atoms. The molecule has 0 N–H and O–H groups in total. The van der Waals surface area contributed by atoms with Gasteiger partial charge < -0.3 is 4.90 Å². The van der Waals surface area contributed by atoms with Gasteiger partial charge in [-0.3, -0.25) is 9.78 Å². The van der Waals surface area contributed by atoms with Crippen LogP contribution in [0.5, 0.6) is 0 Å². The summed E-state index contributed by atoms with van der Waals surface area (Å²) < 4.78 is 1.00. The Hall–Kier alpha value is -0.900. The number of pyridine rings is 1. The fraction of sp³-hybridized carbons (Fsp3) is 0.538. The molecule has 0 radical (unpaired) electrons. The van der Waals surface area contributed by atoms with E-state index in [-0.39, 0.29) is 5.41 Å². The molecule has 2 aliphatic rings. The normalized spacial score (nSPS) is 22.5. The fourth-order valence-electron chi connectivity index (χ4n) is 2.77. The Morgan fingerprint density at radius 3 is 2.82 bits per heavy atom. The lowest BCUT2D eigenvalue weighted by atomic mass is 9.88. The third kappa shape index (κ3) is 1.69. The van der Waals surface area contributed by atoms with E-state index in [0.717, 1.165) is 16.7 Å². The van der Waals surface area contributed by atoms with Crippen LogP contribution >= 0.6 is 15.9 Å². The van der Waals surface area contributed by atoms with Crippen LogP contribution in [0, 0.1) is 0 Å². The van der Waals surface area contributed by atoms with Crippen LogP contribution in [0.25, 0.3) is 0 Å². The molecule has 1 aromatic rings. The Bertz CT molecular complexity index is 490. The van der Waals surface area contributed by atoms with Gasteiger partial charge >= 0.3 is 0 Å². The van der Waals surface area contributed by atoms with Crippen molar-refractivity contribution < 1.29 is 4.79 Å². The van der Waals surface area contributed by atoms with Gasteiger partial charge in [0.05, 0.1) is 11.4 Å². The zero-order chi connectivity index (χ0) is 12.2. The molecule has 1 aromatic heterocycles. The highest BCUT2D eigenvalue weighted by Crippen LogP contribution is 2.43. The summed E-state index contributed by atoms with van der Waals surface area (Å²) in [4.78, 5) is 18.1. The number of fused-ring (bicyclic) bond motifs is 1. The molecule has 0 saturated heterocycles. The van der Waals surface area contributed by atoms with Crippen molar-refractivity contribution in [2.45, 2.75) is 38.1 Å². The van der Waals surface area contributed by atoms with Gasteiger partial charge in [-0.1, -0.05) is 13.8 Å². The van der Waals surface area contributed by atoms with Gasteiger partial charge in [0.2, 0.25) is 0 Å². The standard InChI is InChI=1S/C13H15BrN2O/c1-13(2)7-16(9-4-10(17)5-9)11-3-8(14)6-15-12(11)13/h3,6,9H,4-5,7H2,1-2H3. The third-order valence-corrected chi connectivity index (χ3v) is 4.15. The summed E-state index contributed by atoms with van der Waals surface area (Å²) in [7, 11) is 0. The molecule has 1 saturated carbocycles. The number of aromatic nitrogens is 1. The van der Waals surface area contributed by atoms with Crippen molar-refractivity contribution in [1.29, 1.82) is 0 Å². The molecule has 0 aromatic carbocycles. The summed E-state index contributed by atoms with van der Waals surface area (Å²) in [5, 5.41) is 0. The Labute approximate surface area is 109 Å². The largest absolute Gasteiger partial charge is 0.365 e. The number of hydrogen-bond donors (Lipinski definition) is 0. The Morgan fingerprint density at radius 2 is 2.18 bits per heavy atom. The average Bonchev–Trinajstić information content (AvgIpc) is 2.46. The number of halogens is 1. The quantitative estimate of drug-likeness (QED) is 0.798. The van der Waals surface area contributed by atoms with Gasteiger partial charge in [0.25, 0.3) is 0 Å². The van der Waals surface area contributed by atoms with Gasteiger partial charge in [-0.25, -0.2) is 0 Å². The fourth-order valence-corrected chi connectivity index (χ4v) is 3.09. The van der Waals surface area contributed by atoms with E-state index in [4.69, 9.17) is 0 Å². The maximum absolute atomic E-state index is 11.2. The summed E-state index contributed by atoms with van der Waals surface area (Å²) in [6, 6.07) is 2.51. The predicted molar refractivity (Wildman–Crippen MR) is 70.3 cm³/mol. The maximum atomic E-state index is 11.2. The highest BCUT2D eigenvalue weighted by molar-refractivity contribution is 9.10. The summed E-state index contributed by atoms with van der Waals surface area (Å²) in [5.74, 6) is 0.379. The average molecular weight is 295 g/mol. The summed E-state index contributed by atoms with van der Waals surface area (Å²) in [6.07, 6.45) is 3.25. The van der Waals surface area contributed by atoms with Crippen molar-refractivity contribution in [3.05, 3.63) is 22.4 Å². The molecule has 0 amide bonds. The number of anilines is 1. The van der Waals surface area contributed by atoms with E-state index in [9.17, 15) is 4.79 Å². The molecular formula is C13H15BrN2O. The number of hydrogen-bond acceptors (Lipinski definition) is 3. The van der Waals surface area contributed by atoms with Crippen LogP contribution in [0.15, 0.2) is 16.7 Å². The van der Waals surface area contributed by atoms with Crippen molar-refractivity contribution in [1.82, 2.24) is 4.98 Å². The topological polar surface area (TPSA) is 33.2 Å². The molecular weight excluding hydrogens is 280 g/mol. The van der Waals surface area contributed by atoms with Crippen molar-refractivity contribution in [2.24, 2.45) is 0 Å². The predicted octanol–water partition coefficient (Wildman–Crippen LogP) is 2.67. The van der Waals surface area contributed by atoms with E-state index < -0.39 is 0 Å². The minimum absolute atomic E-state index is 0.0780. The molecule has 4 heteroatoms. The van der Waals surface area contributed by atoms with Crippen LogP contribution in [0.3, 0.4) is 0 Å². The van der Waals surface area contributed by atoms with Crippen LogP contribution in [-0.2, 0) is 10.2 Å². The highest BCUT2D eigenvalue weighted by atomic mass is 79.9. The van der Waals surface area contributed by atoms with Crippen molar-refractivity contribution in [3.63, 3.8) is 0 Å². The van der Waals surface area contributed by atoms with Crippen molar-refractivity contribution >= 4 is 27.4 Å². The first-order valence-corrected chi connectivity index (χ1v) is 6.71. The smallest absolute Gasteiger partial charge is 0.137 e. The lowest BCUT2D eigenvalue weighted by Gasteiger charge is -2.36. The number of nitrogens with zero attached hydrogens (tertiary/aromatic N) is 2. The van der Waals surface area contributed by atoms with E-state index in [1.54, 1.807) is 0 Å². The first kappa shape index (κ1) is 11.2. The SMILES string of the molecule is CC1(C)CN(C2CC(=O)C2)c2cc(Br)cnc21. The second-order valence-corrected chi connectivity index (χ2v) is 6.55. The Kier molecular flexibility index (Phi) is 2.34. The monoisotopic (exact) mass is 294 g/mol. The van der Waals surface area contributed by atoms with E-state index in [2.05, 4.69) is 45.7 Å². The summed E-state index contributed by atoms with van der Waals surface area (Å²) in [6.45, 7) is 5.39. The summed E-state index contributed by atoms with van der Waals surface area (Å²) >= 11 is 3.47. The van der Waals surface area contributed by atoms with Crippen molar-refractivity contribution in [2.75, 3.05) is 11.4 Å². The molecule has 3 nitrogen and oxygen atoms in total. The molecule has 0 unspecified atom stereocenters. The van der Waals surface area contributed by atoms with Crippen LogP contribution in [0.1, 0.15) is 32.4 Å². The second kappa shape index (κ2) is 3.55. The highest BCUT2D eigenvalue weighted by Gasteiger charge is 2.43. The van der Waals surface area contributed by atoms with Crippen LogP contribution < -0.4 is 4.90 Å². The van der Waals surface area contributed by atoms with E-state index in [1.807, 2.05) is 6.20 Å². The first-order valence-electron chi connectivity index (χ1n) is 5.92. The van der Waals surface area contributed by atoms with Gasteiger partial charge in [0, 0.05) is 41.5 Å².